The van der Waals surface area contributed by atoms with Gasteiger partial charge >= 0.3 is 0 Å². The van der Waals surface area contributed by atoms with Crippen LogP contribution in [0.1, 0.15) is 20.8 Å². The normalized spacial score (nSPS) is 12.8. The topological polar surface area (TPSA) is 67.5 Å². The molecule has 74 valence electrons. The molecule has 13 heavy (non-hydrogen) atoms. The summed E-state index contributed by atoms with van der Waals surface area (Å²) in [7, 11) is 0. The second-order valence-electron chi connectivity index (χ2n) is 2.85. The van der Waals surface area contributed by atoms with Crippen LogP contribution in [0.2, 0.25) is 0 Å². The summed E-state index contributed by atoms with van der Waals surface area (Å²) in [5, 5.41) is 2.57. The van der Waals surface area contributed by atoms with Gasteiger partial charge in [-0.15, -0.1) is 0 Å². The highest BCUT2D eigenvalue weighted by Gasteiger charge is 1.93. The van der Waals surface area contributed by atoms with Crippen molar-refractivity contribution in [2.24, 2.45) is 10.7 Å². The lowest BCUT2D eigenvalue weighted by Gasteiger charge is -2.01. The van der Waals surface area contributed by atoms with Crippen LogP contribution in [0.15, 0.2) is 16.6 Å². The van der Waals surface area contributed by atoms with Gasteiger partial charge in [0.25, 0.3) is 0 Å². The smallest absolute Gasteiger partial charge is 0.217 e. The largest absolute Gasteiger partial charge is 0.386 e. The van der Waals surface area contributed by atoms with Crippen LogP contribution in [0.5, 0.6) is 0 Å². The van der Waals surface area contributed by atoms with Crippen molar-refractivity contribution in [2.45, 2.75) is 20.8 Å². The molecule has 0 heterocycles. The zero-order valence-corrected chi connectivity index (χ0v) is 8.42. The minimum Gasteiger partial charge on any atom is -0.386 e. The first-order valence-corrected chi connectivity index (χ1v) is 4.21. The van der Waals surface area contributed by atoms with Crippen molar-refractivity contribution in [1.82, 2.24) is 5.32 Å². The molecule has 0 saturated carbocycles. The Kier molecular flexibility index (Phi) is 5.59. The molecule has 0 aromatic carbocycles. The number of carbonyl (C=O) groups is 1. The molecule has 0 bridgehead atoms. The van der Waals surface area contributed by atoms with Gasteiger partial charge in [0.05, 0.1) is 13.1 Å². The van der Waals surface area contributed by atoms with Crippen LogP contribution in [-0.2, 0) is 4.79 Å². The molecule has 4 heteroatoms. The molecule has 3 N–H and O–H groups in total. The van der Waals surface area contributed by atoms with Gasteiger partial charge in [-0.3, -0.25) is 9.79 Å². The SMILES string of the molecule is C/C=C(\C)CN=C(N)CNC(C)=O. The van der Waals surface area contributed by atoms with Crippen LogP contribution >= 0.6 is 0 Å². The molecule has 1 amide bonds. The number of amidine groups is 1. The van der Waals surface area contributed by atoms with Gasteiger partial charge in [-0.25, -0.2) is 0 Å². The van der Waals surface area contributed by atoms with Crippen LogP contribution in [0.3, 0.4) is 0 Å². The highest BCUT2D eigenvalue weighted by Crippen LogP contribution is 1.90. The molecule has 0 aromatic heterocycles. The lowest BCUT2D eigenvalue weighted by Crippen LogP contribution is -2.32. The number of rotatable bonds is 4. The van der Waals surface area contributed by atoms with Crippen molar-refractivity contribution in [3.63, 3.8) is 0 Å². The average molecular weight is 183 g/mol. The van der Waals surface area contributed by atoms with E-state index in [1.807, 2.05) is 19.9 Å². The summed E-state index contributed by atoms with van der Waals surface area (Å²) in [5.41, 5.74) is 6.69. The molecule has 0 aliphatic heterocycles. The fourth-order valence-corrected chi connectivity index (χ4v) is 0.588. The van der Waals surface area contributed by atoms with Gasteiger partial charge in [0.1, 0.15) is 5.84 Å². The van der Waals surface area contributed by atoms with Gasteiger partial charge < -0.3 is 11.1 Å². The van der Waals surface area contributed by atoms with E-state index in [9.17, 15) is 4.79 Å². The Labute approximate surface area is 78.9 Å². The molecule has 0 rings (SSSR count). The molecule has 0 aliphatic carbocycles. The average Bonchev–Trinajstić information content (AvgIpc) is 2.10. The van der Waals surface area contributed by atoms with Crippen molar-refractivity contribution in [3.8, 4) is 0 Å². The molecule has 0 unspecified atom stereocenters. The first-order chi connectivity index (χ1) is 6.06. The summed E-state index contributed by atoms with van der Waals surface area (Å²) in [6, 6.07) is 0. The van der Waals surface area contributed by atoms with E-state index in [2.05, 4.69) is 10.3 Å². The first-order valence-electron chi connectivity index (χ1n) is 4.21. The fraction of sp³-hybridized carbons (Fsp3) is 0.556. The highest BCUT2D eigenvalue weighted by atomic mass is 16.1. The van der Waals surface area contributed by atoms with E-state index < -0.39 is 0 Å². The Hall–Kier alpha value is -1.32. The van der Waals surface area contributed by atoms with E-state index in [0.717, 1.165) is 5.57 Å². The molecular formula is C9H17N3O. The zero-order chi connectivity index (χ0) is 10.3. The van der Waals surface area contributed by atoms with Gasteiger partial charge in [-0.1, -0.05) is 11.6 Å². The Balaban J connectivity index is 3.82. The maximum Gasteiger partial charge on any atom is 0.217 e. The molecule has 0 spiro atoms. The van der Waals surface area contributed by atoms with Gasteiger partial charge in [0.15, 0.2) is 0 Å². The van der Waals surface area contributed by atoms with Gasteiger partial charge in [0, 0.05) is 6.92 Å². The minimum atomic E-state index is -0.0964. The molecule has 0 fully saturated rings. The predicted octanol–water partition coefficient (Wildman–Crippen LogP) is 0.446. The fourth-order valence-electron chi connectivity index (χ4n) is 0.588. The Morgan fingerprint density at radius 1 is 1.54 bits per heavy atom. The predicted molar refractivity (Wildman–Crippen MR) is 54.6 cm³/mol. The van der Waals surface area contributed by atoms with Crippen LogP contribution in [0.4, 0.5) is 0 Å². The molecule has 4 nitrogen and oxygen atoms in total. The number of nitrogens with one attached hydrogen (secondary N) is 1. The third-order valence-electron chi connectivity index (χ3n) is 1.54. The van der Waals surface area contributed by atoms with E-state index in [1.165, 1.54) is 6.92 Å². The van der Waals surface area contributed by atoms with E-state index in [1.54, 1.807) is 0 Å². The highest BCUT2D eigenvalue weighted by molar-refractivity contribution is 5.86. The summed E-state index contributed by atoms with van der Waals surface area (Å²) >= 11 is 0. The lowest BCUT2D eigenvalue weighted by atomic mass is 10.3. The number of aliphatic imine (C=N–C) groups is 1. The molecule has 0 aromatic rings. The number of hydrogen-bond acceptors (Lipinski definition) is 2. The summed E-state index contributed by atoms with van der Waals surface area (Å²) in [5.74, 6) is 0.359. The van der Waals surface area contributed by atoms with Gasteiger partial charge in [0.2, 0.25) is 5.91 Å². The van der Waals surface area contributed by atoms with E-state index in [-0.39, 0.29) is 5.91 Å². The van der Waals surface area contributed by atoms with Crippen LogP contribution in [0, 0.1) is 0 Å². The summed E-state index contributed by atoms with van der Waals surface area (Å²) in [4.78, 5) is 14.6. The first kappa shape index (κ1) is 11.7. The lowest BCUT2D eigenvalue weighted by molar-refractivity contribution is -0.118. The summed E-state index contributed by atoms with van der Waals surface area (Å²) < 4.78 is 0. The molecular weight excluding hydrogens is 166 g/mol. The van der Waals surface area contributed by atoms with E-state index in [0.29, 0.717) is 18.9 Å². The van der Waals surface area contributed by atoms with Crippen LogP contribution < -0.4 is 11.1 Å². The number of amides is 1. The van der Waals surface area contributed by atoms with E-state index >= 15 is 0 Å². The Morgan fingerprint density at radius 3 is 2.62 bits per heavy atom. The number of nitrogens with two attached hydrogens (primary N) is 1. The molecule has 0 aliphatic rings. The standard InChI is InChI=1S/C9H17N3O/c1-4-7(2)5-12-9(10)6-11-8(3)13/h4H,5-6H2,1-3H3,(H2,10,12)(H,11,13)/b7-4+. The maximum absolute atomic E-state index is 10.5. The quantitative estimate of drug-likeness (QED) is 0.377. The van der Waals surface area contributed by atoms with Crippen LogP contribution in [0.25, 0.3) is 0 Å². The third kappa shape index (κ3) is 7.05. The van der Waals surface area contributed by atoms with Crippen molar-refractivity contribution in [2.75, 3.05) is 13.1 Å². The Morgan fingerprint density at radius 2 is 2.15 bits per heavy atom. The maximum atomic E-state index is 10.5. The van der Waals surface area contributed by atoms with Crippen molar-refractivity contribution in [3.05, 3.63) is 11.6 Å². The second kappa shape index (κ2) is 6.22. The van der Waals surface area contributed by atoms with E-state index in [4.69, 9.17) is 5.73 Å². The number of carbonyl (C=O) groups excluding carboxylic acids is 1. The molecule has 0 atom stereocenters. The van der Waals surface area contributed by atoms with Crippen molar-refractivity contribution in [1.29, 1.82) is 0 Å². The van der Waals surface area contributed by atoms with Gasteiger partial charge in [-0.05, 0) is 13.8 Å². The van der Waals surface area contributed by atoms with Crippen LogP contribution in [-0.4, -0.2) is 24.8 Å². The zero-order valence-electron chi connectivity index (χ0n) is 8.42. The third-order valence-corrected chi connectivity index (χ3v) is 1.54. The molecule has 0 radical (unpaired) electrons. The Bertz CT molecular complexity index is 231. The summed E-state index contributed by atoms with van der Waals surface area (Å²) in [6.07, 6.45) is 1.98. The minimum absolute atomic E-state index is 0.0964. The monoisotopic (exact) mass is 183 g/mol. The summed E-state index contributed by atoms with van der Waals surface area (Å²) in [6.45, 7) is 6.31. The number of allylic oxidation sites excluding steroid dienone is 1. The van der Waals surface area contributed by atoms with Crippen molar-refractivity contribution < 1.29 is 4.79 Å². The second-order valence-corrected chi connectivity index (χ2v) is 2.85. The van der Waals surface area contributed by atoms with Crippen molar-refractivity contribution >= 4 is 11.7 Å². The number of nitrogens with zero attached hydrogens (tertiary/aromatic N) is 1. The van der Waals surface area contributed by atoms with Gasteiger partial charge in [-0.2, -0.15) is 0 Å². The molecule has 0 saturated heterocycles. The number of hydrogen-bond donors (Lipinski definition) is 2.